The van der Waals surface area contributed by atoms with Crippen LogP contribution in [0.1, 0.15) is 0 Å². The van der Waals surface area contributed by atoms with Gasteiger partial charge in [-0.3, -0.25) is 10.1 Å². The molecular weight excluding hydrogens is 222 g/mol. The number of hydrogen-bond acceptors (Lipinski definition) is 4. The third kappa shape index (κ3) is 1.87. The van der Waals surface area contributed by atoms with E-state index in [4.69, 9.17) is 9.47 Å². The fraction of sp³-hybridized carbons (Fsp3) is 0.167. The van der Waals surface area contributed by atoms with Crippen molar-refractivity contribution in [3.05, 3.63) is 40.4 Å². The number of benzene rings is 2. The SMILES string of the molecule is COc1ccc2c([N+](=O)[O-])c(OC)ccc2c1. The molecule has 0 bridgehead atoms. The Balaban J connectivity index is 2.77. The molecule has 5 nitrogen and oxygen atoms in total. The van der Waals surface area contributed by atoms with Crippen molar-refractivity contribution in [1.82, 2.24) is 0 Å². The van der Waals surface area contributed by atoms with E-state index in [9.17, 15) is 10.1 Å². The number of nitrogens with zero attached hydrogens (tertiary/aromatic N) is 1. The molecule has 0 aliphatic carbocycles. The highest BCUT2D eigenvalue weighted by atomic mass is 16.6. The molecule has 2 aromatic carbocycles. The quantitative estimate of drug-likeness (QED) is 0.604. The average molecular weight is 233 g/mol. The van der Waals surface area contributed by atoms with E-state index in [1.54, 1.807) is 37.4 Å². The van der Waals surface area contributed by atoms with Crippen LogP contribution in [0.3, 0.4) is 0 Å². The van der Waals surface area contributed by atoms with E-state index in [0.29, 0.717) is 11.1 Å². The van der Waals surface area contributed by atoms with Crippen molar-refractivity contribution in [2.24, 2.45) is 0 Å². The molecule has 2 aromatic rings. The number of fused-ring (bicyclic) bond motifs is 1. The first-order valence-corrected chi connectivity index (χ1v) is 4.96. The van der Waals surface area contributed by atoms with Gasteiger partial charge in [-0.25, -0.2) is 0 Å². The molecule has 0 radical (unpaired) electrons. The minimum Gasteiger partial charge on any atom is -0.497 e. The van der Waals surface area contributed by atoms with Crippen molar-refractivity contribution in [1.29, 1.82) is 0 Å². The minimum atomic E-state index is -0.437. The second-order valence-electron chi connectivity index (χ2n) is 3.46. The Morgan fingerprint density at radius 1 is 1.12 bits per heavy atom. The molecular formula is C12H11NO4. The van der Waals surface area contributed by atoms with E-state index in [2.05, 4.69) is 0 Å². The summed E-state index contributed by atoms with van der Waals surface area (Å²) in [4.78, 5) is 10.6. The van der Waals surface area contributed by atoms with Crippen molar-refractivity contribution < 1.29 is 14.4 Å². The van der Waals surface area contributed by atoms with Gasteiger partial charge in [0.05, 0.1) is 24.5 Å². The molecule has 0 fully saturated rings. The van der Waals surface area contributed by atoms with Gasteiger partial charge < -0.3 is 9.47 Å². The van der Waals surface area contributed by atoms with Gasteiger partial charge in [0.15, 0.2) is 5.75 Å². The Kier molecular flexibility index (Phi) is 2.82. The topological polar surface area (TPSA) is 61.6 Å². The fourth-order valence-electron chi connectivity index (χ4n) is 1.75. The number of ether oxygens (including phenoxy) is 2. The number of methoxy groups -OCH3 is 2. The molecule has 0 aromatic heterocycles. The molecule has 0 heterocycles. The first-order chi connectivity index (χ1) is 8.17. The average Bonchev–Trinajstić information content (AvgIpc) is 2.36. The monoisotopic (exact) mass is 233 g/mol. The lowest BCUT2D eigenvalue weighted by Gasteiger charge is -2.06. The van der Waals surface area contributed by atoms with Gasteiger partial charge in [-0.1, -0.05) is 6.07 Å². The standard InChI is InChI=1S/C12H11NO4/c1-16-9-4-5-10-8(7-9)3-6-11(17-2)12(10)13(14)15/h3-7H,1-2H3. The van der Waals surface area contributed by atoms with Crippen LogP contribution in [-0.4, -0.2) is 19.1 Å². The maximum absolute atomic E-state index is 11.0. The summed E-state index contributed by atoms with van der Waals surface area (Å²) < 4.78 is 10.1. The van der Waals surface area contributed by atoms with Crippen LogP contribution in [0.25, 0.3) is 10.8 Å². The van der Waals surface area contributed by atoms with Gasteiger partial charge in [-0.05, 0) is 29.7 Å². The van der Waals surface area contributed by atoms with Crippen LogP contribution in [0, 0.1) is 10.1 Å². The normalized spacial score (nSPS) is 10.2. The van der Waals surface area contributed by atoms with E-state index < -0.39 is 4.92 Å². The smallest absolute Gasteiger partial charge is 0.318 e. The van der Waals surface area contributed by atoms with Crippen LogP contribution < -0.4 is 9.47 Å². The van der Waals surface area contributed by atoms with E-state index in [-0.39, 0.29) is 11.4 Å². The molecule has 0 saturated heterocycles. The van der Waals surface area contributed by atoms with E-state index in [1.807, 2.05) is 0 Å². The van der Waals surface area contributed by atoms with Gasteiger partial charge >= 0.3 is 5.69 Å². The summed E-state index contributed by atoms with van der Waals surface area (Å²) in [7, 11) is 2.97. The highest BCUT2D eigenvalue weighted by Crippen LogP contribution is 2.36. The van der Waals surface area contributed by atoms with Crippen molar-refractivity contribution in [3.8, 4) is 11.5 Å². The molecule has 0 amide bonds. The van der Waals surface area contributed by atoms with Crippen molar-refractivity contribution in [2.75, 3.05) is 14.2 Å². The van der Waals surface area contributed by atoms with Gasteiger partial charge in [-0.2, -0.15) is 0 Å². The van der Waals surface area contributed by atoms with Crippen LogP contribution in [0.4, 0.5) is 5.69 Å². The molecule has 0 unspecified atom stereocenters. The van der Waals surface area contributed by atoms with Gasteiger partial charge in [0.2, 0.25) is 0 Å². The van der Waals surface area contributed by atoms with Crippen LogP contribution in [-0.2, 0) is 0 Å². The van der Waals surface area contributed by atoms with Crippen LogP contribution in [0.15, 0.2) is 30.3 Å². The molecule has 5 heteroatoms. The maximum atomic E-state index is 11.0. The molecule has 0 saturated carbocycles. The van der Waals surface area contributed by atoms with Crippen molar-refractivity contribution in [2.45, 2.75) is 0 Å². The van der Waals surface area contributed by atoms with Crippen LogP contribution in [0.2, 0.25) is 0 Å². The predicted molar refractivity (Wildman–Crippen MR) is 63.7 cm³/mol. The van der Waals surface area contributed by atoms with E-state index >= 15 is 0 Å². The Hall–Kier alpha value is -2.30. The second kappa shape index (κ2) is 4.29. The minimum absolute atomic E-state index is 0.0207. The molecule has 0 atom stereocenters. The Bertz CT molecular complexity index is 580. The molecule has 88 valence electrons. The molecule has 0 aliphatic heterocycles. The van der Waals surface area contributed by atoms with Gasteiger partial charge in [0, 0.05) is 0 Å². The summed E-state index contributed by atoms with van der Waals surface area (Å²) in [5, 5.41) is 12.3. The number of nitro groups is 1. The van der Waals surface area contributed by atoms with Gasteiger partial charge in [0.1, 0.15) is 5.75 Å². The summed E-state index contributed by atoms with van der Waals surface area (Å²) in [6.45, 7) is 0. The lowest BCUT2D eigenvalue weighted by molar-refractivity contribution is -0.383. The number of nitro benzene ring substituents is 1. The third-order valence-electron chi connectivity index (χ3n) is 2.56. The zero-order valence-corrected chi connectivity index (χ0v) is 9.47. The summed E-state index contributed by atoms with van der Waals surface area (Å²) in [6.07, 6.45) is 0. The lowest BCUT2D eigenvalue weighted by Crippen LogP contribution is -1.95. The third-order valence-corrected chi connectivity index (χ3v) is 2.56. The molecule has 0 spiro atoms. The summed E-state index contributed by atoms with van der Waals surface area (Å²) >= 11 is 0. The zero-order chi connectivity index (χ0) is 12.4. The predicted octanol–water partition coefficient (Wildman–Crippen LogP) is 2.77. The van der Waals surface area contributed by atoms with Gasteiger partial charge in [-0.15, -0.1) is 0 Å². The van der Waals surface area contributed by atoms with Gasteiger partial charge in [0.25, 0.3) is 0 Å². The molecule has 0 aliphatic rings. The highest BCUT2D eigenvalue weighted by molar-refractivity contribution is 5.94. The first kappa shape index (κ1) is 11.2. The Labute approximate surface area is 97.7 Å². The van der Waals surface area contributed by atoms with Crippen LogP contribution in [0.5, 0.6) is 11.5 Å². The number of hydrogen-bond donors (Lipinski definition) is 0. The first-order valence-electron chi connectivity index (χ1n) is 4.96. The fourth-order valence-corrected chi connectivity index (χ4v) is 1.75. The largest absolute Gasteiger partial charge is 0.497 e. The Morgan fingerprint density at radius 2 is 1.88 bits per heavy atom. The second-order valence-corrected chi connectivity index (χ2v) is 3.46. The molecule has 2 rings (SSSR count). The molecule has 17 heavy (non-hydrogen) atoms. The molecule has 0 N–H and O–H groups in total. The highest BCUT2D eigenvalue weighted by Gasteiger charge is 2.19. The summed E-state index contributed by atoms with van der Waals surface area (Å²) in [5.41, 5.74) is -0.0207. The Morgan fingerprint density at radius 3 is 2.47 bits per heavy atom. The van der Waals surface area contributed by atoms with Crippen molar-refractivity contribution >= 4 is 16.5 Å². The van der Waals surface area contributed by atoms with Crippen LogP contribution >= 0.6 is 0 Å². The zero-order valence-electron chi connectivity index (χ0n) is 9.47. The maximum Gasteiger partial charge on any atom is 0.318 e. The van der Waals surface area contributed by atoms with E-state index in [1.165, 1.54) is 7.11 Å². The summed E-state index contributed by atoms with van der Waals surface area (Å²) in [5.74, 6) is 0.921. The lowest BCUT2D eigenvalue weighted by atomic mass is 10.1. The number of rotatable bonds is 3. The van der Waals surface area contributed by atoms with Crippen molar-refractivity contribution in [3.63, 3.8) is 0 Å². The van der Waals surface area contributed by atoms with E-state index in [0.717, 1.165) is 5.39 Å². The summed E-state index contributed by atoms with van der Waals surface area (Å²) in [6, 6.07) is 8.45.